The van der Waals surface area contributed by atoms with Crippen molar-refractivity contribution < 1.29 is 14.3 Å². The van der Waals surface area contributed by atoms with Crippen LogP contribution in [0.15, 0.2) is 43.0 Å². The average molecular weight is 585 g/mol. The Labute approximate surface area is 254 Å². The average Bonchev–Trinajstić information content (AvgIpc) is 3.62. The highest BCUT2D eigenvalue weighted by Crippen LogP contribution is 2.36. The molecule has 9 heteroatoms. The summed E-state index contributed by atoms with van der Waals surface area (Å²) < 4.78 is 15.0. The summed E-state index contributed by atoms with van der Waals surface area (Å²) in [5.74, 6) is 0. The van der Waals surface area contributed by atoms with Crippen LogP contribution in [0.1, 0.15) is 57.7 Å². The molecule has 228 valence electrons. The number of piperidine rings is 1. The van der Waals surface area contributed by atoms with Gasteiger partial charge < -0.3 is 19.3 Å². The number of nitrogens with zero attached hydrogens (tertiary/aromatic N) is 6. The number of hydrogen-bond acceptors (Lipinski definition) is 7. The van der Waals surface area contributed by atoms with E-state index in [1.807, 2.05) is 39.4 Å². The highest BCUT2D eigenvalue weighted by Gasteiger charge is 2.25. The zero-order valence-electron chi connectivity index (χ0n) is 26.4. The standard InChI is InChI=1S/C34H44N6O3/c1-7-37-10-8-28(9-11-37)40-21-27(20-36-40)30-22-39(33(41)43-34(4,5)6)32-29(30)18-26(19-35-32)25-16-23(2)31(24(3)17-25)38-12-14-42-15-13-38/h16-22,28H,7-15H2,1-6H3. The maximum absolute atomic E-state index is 13.3. The first-order valence-corrected chi connectivity index (χ1v) is 15.6. The lowest BCUT2D eigenvalue weighted by molar-refractivity contribution is 0.0543. The number of hydrogen-bond donors (Lipinski definition) is 0. The Balaban J connectivity index is 1.40. The van der Waals surface area contributed by atoms with Crippen LogP contribution in [0.5, 0.6) is 0 Å². The van der Waals surface area contributed by atoms with E-state index < -0.39 is 11.7 Å². The molecule has 0 spiro atoms. The fourth-order valence-electron chi connectivity index (χ4n) is 6.53. The molecule has 2 saturated heterocycles. The molecule has 0 unspecified atom stereocenters. The number of fused-ring (bicyclic) bond motifs is 1. The van der Waals surface area contributed by atoms with Gasteiger partial charge in [-0.15, -0.1) is 0 Å². The number of aryl methyl sites for hydroxylation is 2. The molecule has 6 rings (SSSR count). The Hall–Kier alpha value is -3.69. The van der Waals surface area contributed by atoms with Gasteiger partial charge in [0.25, 0.3) is 0 Å². The number of ether oxygens (including phenoxy) is 2. The van der Waals surface area contributed by atoms with Crippen LogP contribution >= 0.6 is 0 Å². The van der Waals surface area contributed by atoms with E-state index in [1.54, 1.807) is 0 Å². The zero-order chi connectivity index (χ0) is 30.3. The van der Waals surface area contributed by atoms with Crippen molar-refractivity contribution in [3.8, 4) is 22.3 Å². The Bertz CT molecular complexity index is 1590. The second kappa shape index (κ2) is 11.8. The maximum atomic E-state index is 13.3. The zero-order valence-corrected chi connectivity index (χ0v) is 26.4. The van der Waals surface area contributed by atoms with Gasteiger partial charge in [0.15, 0.2) is 0 Å². The van der Waals surface area contributed by atoms with E-state index in [9.17, 15) is 4.79 Å². The van der Waals surface area contributed by atoms with Gasteiger partial charge in [-0.25, -0.2) is 14.3 Å². The summed E-state index contributed by atoms with van der Waals surface area (Å²) in [5.41, 5.74) is 7.72. The van der Waals surface area contributed by atoms with Crippen LogP contribution in [-0.2, 0) is 9.47 Å². The Morgan fingerprint density at radius 3 is 2.30 bits per heavy atom. The smallest absolute Gasteiger partial charge is 0.420 e. The van der Waals surface area contributed by atoms with Crippen molar-refractivity contribution in [2.45, 2.75) is 66.0 Å². The molecule has 0 atom stereocenters. The Kier molecular flexibility index (Phi) is 8.04. The van der Waals surface area contributed by atoms with Crippen molar-refractivity contribution in [3.05, 3.63) is 54.1 Å². The summed E-state index contributed by atoms with van der Waals surface area (Å²) in [4.78, 5) is 23.1. The molecule has 2 fully saturated rings. The monoisotopic (exact) mass is 584 g/mol. The number of benzene rings is 1. The van der Waals surface area contributed by atoms with E-state index >= 15 is 0 Å². The third-order valence-electron chi connectivity index (χ3n) is 8.68. The van der Waals surface area contributed by atoms with Gasteiger partial charge in [0.2, 0.25) is 0 Å². The van der Waals surface area contributed by atoms with E-state index in [1.165, 1.54) is 21.4 Å². The van der Waals surface area contributed by atoms with Crippen LogP contribution in [0.3, 0.4) is 0 Å². The molecule has 5 heterocycles. The summed E-state index contributed by atoms with van der Waals surface area (Å²) in [7, 11) is 0. The van der Waals surface area contributed by atoms with E-state index in [0.717, 1.165) is 86.4 Å². The highest BCUT2D eigenvalue weighted by atomic mass is 16.6. The minimum Gasteiger partial charge on any atom is -0.443 e. The normalized spacial score (nSPS) is 17.1. The van der Waals surface area contributed by atoms with Crippen LogP contribution in [-0.4, -0.2) is 81.9 Å². The number of anilines is 1. The third kappa shape index (κ3) is 6.06. The molecule has 1 aromatic carbocycles. The van der Waals surface area contributed by atoms with Gasteiger partial charge in [-0.1, -0.05) is 6.92 Å². The van der Waals surface area contributed by atoms with Crippen molar-refractivity contribution in [1.82, 2.24) is 24.2 Å². The Morgan fingerprint density at radius 1 is 0.953 bits per heavy atom. The lowest BCUT2D eigenvalue weighted by atomic mass is 9.98. The number of aromatic nitrogens is 4. The number of carbonyl (C=O) groups excluding carboxylic acids is 1. The first kappa shape index (κ1) is 29.4. The molecule has 3 aromatic heterocycles. The SMILES string of the molecule is CCN1CCC(n2cc(-c3cn(C(=O)OC(C)(C)C)c4ncc(-c5cc(C)c(N6CCOCC6)c(C)c5)cc34)cn2)CC1. The molecular formula is C34H44N6O3. The van der Waals surface area contributed by atoms with Gasteiger partial charge in [0.05, 0.1) is 25.5 Å². The van der Waals surface area contributed by atoms with Gasteiger partial charge >= 0.3 is 6.09 Å². The van der Waals surface area contributed by atoms with Crippen LogP contribution in [0.4, 0.5) is 10.5 Å². The van der Waals surface area contributed by atoms with Crippen molar-refractivity contribution in [3.63, 3.8) is 0 Å². The van der Waals surface area contributed by atoms with Crippen LogP contribution in [0, 0.1) is 13.8 Å². The quantitative estimate of drug-likeness (QED) is 0.266. The third-order valence-corrected chi connectivity index (χ3v) is 8.68. The maximum Gasteiger partial charge on any atom is 0.420 e. The van der Waals surface area contributed by atoms with E-state index in [-0.39, 0.29) is 0 Å². The molecule has 0 aliphatic carbocycles. The summed E-state index contributed by atoms with van der Waals surface area (Å²) >= 11 is 0. The van der Waals surface area contributed by atoms with E-state index in [4.69, 9.17) is 19.6 Å². The number of rotatable bonds is 5. The molecular weight excluding hydrogens is 540 g/mol. The minimum atomic E-state index is -0.622. The molecule has 0 radical (unpaired) electrons. The topological polar surface area (TPSA) is 77.7 Å². The Morgan fingerprint density at radius 2 is 1.65 bits per heavy atom. The molecule has 0 bridgehead atoms. The number of morpholine rings is 1. The van der Waals surface area contributed by atoms with E-state index in [2.05, 4.69) is 59.6 Å². The van der Waals surface area contributed by atoms with Gasteiger partial charge in [0.1, 0.15) is 11.2 Å². The van der Waals surface area contributed by atoms with Gasteiger partial charge in [-0.3, -0.25) is 4.68 Å². The largest absolute Gasteiger partial charge is 0.443 e. The minimum absolute atomic E-state index is 0.375. The summed E-state index contributed by atoms with van der Waals surface area (Å²) in [6.45, 7) is 18.8. The number of likely N-dealkylation sites (tertiary alicyclic amines) is 1. The summed E-state index contributed by atoms with van der Waals surface area (Å²) in [6, 6.07) is 7.01. The molecule has 9 nitrogen and oxygen atoms in total. The van der Waals surface area contributed by atoms with E-state index in [0.29, 0.717) is 11.7 Å². The predicted octanol–water partition coefficient (Wildman–Crippen LogP) is 6.46. The lowest BCUT2D eigenvalue weighted by Crippen LogP contribution is -2.37. The van der Waals surface area contributed by atoms with Crippen molar-refractivity contribution in [1.29, 1.82) is 0 Å². The number of pyridine rings is 1. The first-order chi connectivity index (χ1) is 20.6. The van der Waals surface area contributed by atoms with Crippen molar-refractivity contribution >= 4 is 22.8 Å². The van der Waals surface area contributed by atoms with Gasteiger partial charge in [-0.05, 0) is 88.9 Å². The molecule has 4 aromatic rings. The van der Waals surface area contributed by atoms with Crippen molar-refractivity contribution in [2.75, 3.05) is 50.8 Å². The van der Waals surface area contributed by atoms with Crippen LogP contribution in [0.2, 0.25) is 0 Å². The van der Waals surface area contributed by atoms with Gasteiger partial charge in [0, 0.05) is 72.5 Å². The van der Waals surface area contributed by atoms with Crippen LogP contribution < -0.4 is 4.90 Å². The molecule has 2 aliphatic heterocycles. The predicted molar refractivity (Wildman–Crippen MR) is 171 cm³/mol. The summed E-state index contributed by atoms with van der Waals surface area (Å²) in [5, 5.41) is 5.68. The van der Waals surface area contributed by atoms with Crippen LogP contribution in [0.25, 0.3) is 33.3 Å². The second-order valence-electron chi connectivity index (χ2n) is 12.9. The fourth-order valence-corrected chi connectivity index (χ4v) is 6.53. The molecule has 43 heavy (non-hydrogen) atoms. The molecule has 0 saturated carbocycles. The summed E-state index contributed by atoms with van der Waals surface area (Å²) in [6.07, 6.45) is 9.48. The first-order valence-electron chi connectivity index (χ1n) is 15.6. The molecule has 0 amide bonds. The highest BCUT2D eigenvalue weighted by molar-refractivity contribution is 6.00. The van der Waals surface area contributed by atoms with Gasteiger partial charge in [-0.2, -0.15) is 5.10 Å². The fraction of sp³-hybridized carbons (Fsp3) is 0.500. The number of carbonyl (C=O) groups is 1. The molecule has 0 N–H and O–H groups in total. The lowest BCUT2D eigenvalue weighted by Gasteiger charge is -2.31. The van der Waals surface area contributed by atoms with Crippen molar-refractivity contribution in [2.24, 2.45) is 0 Å². The molecule has 2 aliphatic rings. The second-order valence-corrected chi connectivity index (χ2v) is 12.9.